The average molecular weight is 467 g/mol. The van der Waals surface area contributed by atoms with Gasteiger partial charge in [0.25, 0.3) is 0 Å². The summed E-state index contributed by atoms with van der Waals surface area (Å²) < 4.78 is 19.2. The number of methoxy groups -OCH3 is 1. The zero-order valence-electron chi connectivity index (χ0n) is 18.3. The molecular formula is C26H24ClFN2O3. The average Bonchev–Trinajstić information content (AvgIpc) is 3.25. The van der Waals surface area contributed by atoms with E-state index >= 15 is 0 Å². The number of Topliss-reactive ketones (excluding diaryl/α,β-unsaturated/α-hetero) is 1. The number of amides is 1. The number of ketones is 1. The van der Waals surface area contributed by atoms with E-state index in [0.29, 0.717) is 28.1 Å². The Morgan fingerprint density at radius 1 is 1.03 bits per heavy atom. The summed E-state index contributed by atoms with van der Waals surface area (Å²) in [6.07, 6.45) is 0.439. The fraction of sp³-hybridized carbons (Fsp3) is 0.231. The van der Waals surface area contributed by atoms with Crippen LogP contribution in [0.1, 0.15) is 29.5 Å². The van der Waals surface area contributed by atoms with Crippen LogP contribution in [0.4, 0.5) is 10.1 Å². The van der Waals surface area contributed by atoms with Gasteiger partial charge in [0.1, 0.15) is 22.5 Å². The number of nitrogens with two attached hydrogens (primary N) is 1. The topological polar surface area (TPSA) is 81.4 Å². The van der Waals surface area contributed by atoms with E-state index in [1.54, 1.807) is 31.2 Å². The Morgan fingerprint density at radius 2 is 1.76 bits per heavy atom. The fourth-order valence-electron chi connectivity index (χ4n) is 4.86. The maximum Gasteiger partial charge on any atom is 0.237 e. The second-order valence-electron chi connectivity index (χ2n) is 8.26. The van der Waals surface area contributed by atoms with Gasteiger partial charge in [-0.1, -0.05) is 41.9 Å². The summed E-state index contributed by atoms with van der Waals surface area (Å²) in [6, 6.07) is 18.8. The van der Waals surface area contributed by atoms with Gasteiger partial charge < -0.3 is 15.8 Å². The summed E-state index contributed by atoms with van der Waals surface area (Å²) in [4.78, 5) is 26.1. The van der Waals surface area contributed by atoms with Crippen LogP contribution in [0.15, 0.2) is 66.7 Å². The van der Waals surface area contributed by atoms with Gasteiger partial charge in [0.15, 0.2) is 5.78 Å². The molecule has 0 saturated heterocycles. The van der Waals surface area contributed by atoms with Crippen molar-refractivity contribution >= 4 is 29.0 Å². The number of fused-ring (bicyclic) bond motifs is 2. The summed E-state index contributed by atoms with van der Waals surface area (Å²) in [6.45, 7) is 1.77. The Labute approximate surface area is 196 Å². The Morgan fingerprint density at radius 3 is 2.39 bits per heavy atom. The first-order valence-electron chi connectivity index (χ1n) is 10.5. The number of carbonyl (C=O) groups excluding carboxylic acids is 2. The van der Waals surface area contributed by atoms with Crippen molar-refractivity contribution in [3.8, 4) is 5.75 Å². The summed E-state index contributed by atoms with van der Waals surface area (Å²) >= 11 is 5.54. The molecule has 3 N–H and O–H groups in total. The maximum absolute atomic E-state index is 14.0. The molecule has 2 aliphatic rings. The molecule has 1 aliphatic carbocycles. The smallest absolute Gasteiger partial charge is 0.237 e. The van der Waals surface area contributed by atoms with Gasteiger partial charge in [-0.25, -0.2) is 4.39 Å². The van der Waals surface area contributed by atoms with Gasteiger partial charge in [0.05, 0.1) is 7.11 Å². The highest BCUT2D eigenvalue weighted by Crippen LogP contribution is 2.56. The van der Waals surface area contributed by atoms with Crippen molar-refractivity contribution in [3.05, 3.63) is 94.3 Å². The standard InChI is InChI=1S/C20H19FN2O3.C6H5Cl/c1-11-3-4-12(21)9-15(11)20(22)17(24)7-8-19(20)14-6-5-13(26-2)10-16(14)23-18(19)25;7-6-4-2-1-3-5-6/h3-6,9-10H,7-8,22H2,1-2H3,(H,23,25);1-5H/t19-,20+;/m0./s1. The molecule has 5 rings (SSSR count). The van der Waals surface area contributed by atoms with Gasteiger partial charge in [0, 0.05) is 23.2 Å². The van der Waals surface area contributed by atoms with Crippen LogP contribution in [0.3, 0.4) is 0 Å². The number of hydrogen-bond acceptors (Lipinski definition) is 4. The van der Waals surface area contributed by atoms with Crippen molar-refractivity contribution < 1.29 is 18.7 Å². The van der Waals surface area contributed by atoms with Gasteiger partial charge in [0.2, 0.25) is 5.91 Å². The lowest BCUT2D eigenvalue weighted by Gasteiger charge is -2.39. The minimum absolute atomic E-state index is 0.158. The quantitative estimate of drug-likeness (QED) is 0.563. The minimum Gasteiger partial charge on any atom is -0.497 e. The number of aryl methyl sites for hydroxylation is 1. The van der Waals surface area contributed by atoms with Gasteiger partial charge in [-0.05, 0) is 60.4 Å². The highest BCUT2D eigenvalue weighted by molar-refractivity contribution is 6.30. The Kier molecular flexibility index (Phi) is 5.99. The van der Waals surface area contributed by atoms with Crippen molar-refractivity contribution in [1.82, 2.24) is 0 Å². The Hall–Kier alpha value is -3.22. The summed E-state index contributed by atoms with van der Waals surface area (Å²) in [5.41, 5.74) is 6.09. The SMILES string of the molecule is COc1ccc2c(c1)NC(=O)[C@]21CCC(=O)[C@]1(N)c1cc(F)ccc1C.Clc1ccccc1. The van der Waals surface area contributed by atoms with Crippen LogP contribution in [0.5, 0.6) is 5.75 Å². The number of carbonyl (C=O) groups is 2. The molecule has 0 radical (unpaired) electrons. The van der Waals surface area contributed by atoms with Gasteiger partial charge in [-0.15, -0.1) is 0 Å². The second-order valence-corrected chi connectivity index (χ2v) is 8.69. The lowest BCUT2D eigenvalue weighted by atomic mass is 9.64. The predicted molar refractivity (Wildman–Crippen MR) is 126 cm³/mol. The van der Waals surface area contributed by atoms with Crippen LogP contribution in [-0.4, -0.2) is 18.8 Å². The highest BCUT2D eigenvalue weighted by Gasteiger charge is 2.67. The van der Waals surface area contributed by atoms with Gasteiger partial charge in [-0.2, -0.15) is 0 Å². The van der Waals surface area contributed by atoms with Crippen molar-refractivity contribution in [1.29, 1.82) is 0 Å². The molecule has 33 heavy (non-hydrogen) atoms. The zero-order valence-corrected chi connectivity index (χ0v) is 19.1. The number of rotatable bonds is 2. The van der Waals surface area contributed by atoms with Gasteiger partial charge >= 0.3 is 0 Å². The molecule has 1 heterocycles. The van der Waals surface area contributed by atoms with E-state index in [-0.39, 0.29) is 24.5 Å². The number of anilines is 1. The number of hydrogen-bond donors (Lipinski definition) is 2. The van der Waals surface area contributed by atoms with E-state index in [2.05, 4.69) is 5.32 Å². The highest BCUT2D eigenvalue weighted by atomic mass is 35.5. The number of benzene rings is 3. The van der Waals surface area contributed by atoms with E-state index in [9.17, 15) is 14.0 Å². The third-order valence-electron chi connectivity index (χ3n) is 6.52. The van der Waals surface area contributed by atoms with E-state index in [0.717, 1.165) is 5.02 Å². The monoisotopic (exact) mass is 466 g/mol. The minimum atomic E-state index is -1.62. The summed E-state index contributed by atoms with van der Waals surface area (Å²) in [5.74, 6) is -0.489. The Balaban J connectivity index is 0.000000318. The molecule has 7 heteroatoms. The fourth-order valence-corrected chi connectivity index (χ4v) is 5.01. The molecule has 1 aliphatic heterocycles. The molecule has 5 nitrogen and oxygen atoms in total. The van der Waals surface area contributed by atoms with Crippen LogP contribution in [-0.2, 0) is 20.5 Å². The lowest BCUT2D eigenvalue weighted by Crippen LogP contribution is -2.59. The molecule has 1 spiro atoms. The van der Waals surface area contributed by atoms with Crippen LogP contribution in [0, 0.1) is 12.7 Å². The molecule has 2 atom stereocenters. The van der Waals surface area contributed by atoms with Crippen LogP contribution >= 0.6 is 11.6 Å². The predicted octanol–water partition coefficient (Wildman–Crippen LogP) is 4.89. The zero-order chi connectivity index (χ0) is 23.8. The van der Waals surface area contributed by atoms with E-state index in [4.69, 9.17) is 22.1 Å². The third kappa shape index (κ3) is 3.59. The van der Waals surface area contributed by atoms with Crippen LogP contribution < -0.4 is 15.8 Å². The first-order chi connectivity index (χ1) is 15.7. The Bertz CT molecular complexity index is 1230. The van der Waals surface area contributed by atoms with Gasteiger partial charge in [-0.3, -0.25) is 9.59 Å². The first kappa shape index (κ1) is 23.0. The largest absolute Gasteiger partial charge is 0.497 e. The maximum atomic E-state index is 14.0. The number of halogens is 2. The van der Waals surface area contributed by atoms with Crippen molar-refractivity contribution in [2.24, 2.45) is 5.73 Å². The van der Waals surface area contributed by atoms with Crippen LogP contribution in [0.2, 0.25) is 5.02 Å². The van der Waals surface area contributed by atoms with E-state index < -0.39 is 16.8 Å². The second kappa shape index (κ2) is 8.61. The lowest BCUT2D eigenvalue weighted by molar-refractivity contribution is -0.129. The molecule has 0 aromatic heterocycles. The molecule has 0 unspecified atom stereocenters. The molecule has 0 bridgehead atoms. The molecular weight excluding hydrogens is 443 g/mol. The summed E-state index contributed by atoms with van der Waals surface area (Å²) in [7, 11) is 1.54. The molecule has 170 valence electrons. The molecule has 1 amide bonds. The number of nitrogens with one attached hydrogen (secondary N) is 1. The molecule has 1 saturated carbocycles. The van der Waals surface area contributed by atoms with Crippen molar-refractivity contribution in [2.45, 2.75) is 30.7 Å². The van der Waals surface area contributed by atoms with E-state index in [1.165, 1.54) is 19.2 Å². The molecule has 1 fully saturated rings. The first-order valence-corrected chi connectivity index (χ1v) is 10.9. The third-order valence-corrected chi connectivity index (χ3v) is 6.77. The number of ether oxygens (including phenoxy) is 1. The van der Waals surface area contributed by atoms with Crippen LogP contribution in [0.25, 0.3) is 0 Å². The molecule has 3 aromatic carbocycles. The summed E-state index contributed by atoms with van der Waals surface area (Å²) in [5, 5.41) is 3.63. The van der Waals surface area contributed by atoms with Crippen molar-refractivity contribution in [3.63, 3.8) is 0 Å². The van der Waals surface area contributed by atoms with Crippen molar-refractivity contribution in [2.75, 3.05) is 12.4 Å². The molecule has 3 aromatic rings. The van der Waals surface area contributed by atoms with E-state index in [1.807, 2.05) is 30.3 Å². The normalized spacial score (nSPS) is 23.1.